The van der Waals surface area contributed by atoms with Crippen molar-refractivity contribution in [3.8, 4) is 6.01 Å². The Kier molecular flexibility index (Phi) is 6.24. The Morgan fingerprint density at radius 2 is 1.52 bits per heavy atom. The van der Waals surface area contributed by atoms with Gasteiger partial charge in [-0.1, -0.05) is 30.4 Å². The first kappa shape index (κ1) is 20.5. The predicted molar refractivity (Wildman–Crippen MR) is 103 cm³/mol. The van der Waals surface area contributed by atoms with Crippen molar-refractivity contribution in [2.45, 2.75) is 0 Å². The molecule has 4 heterocycles. The molecule has 0 unspecified atom stereocenters. The third-order valence-electron chi connectivity index (χ3n) is 4.02. The molecule has 2 aromatic heterocycles. The summed E-state index contributed by atoms with van der Waals surface area (Å²) < 4.78 is 12.7. The minimum atomic E-state index is 0. The molecule has 0 aromatic carbocycles. The minimum Gasteiger partial charge on any atom is -0.514 e. The van der Waals surface area contributed by atoms with Crippen LogP contribution in [0, 0.1) is 6.33 Å². The maximum absolute atomic E-state index is 10.2. The van der Waals surface area contributed by atoms with Crippen molar-refractivity contribution in [2.24, 2.45) is 14.1 Å². The Morgan fingerprint density at radius 1 is 0.897 bits per heavy atom. The standard InChI is InChI=1S/C20H18N6O2.Pt/c1-23-11-13-25(15-23)16-7-3-5-9-18(21-16)28-19-10-6-4-8-17(22-19)26-14-12-24(2)20(26)27;/h3-14H,1-2H3;/q-2;/p+1. The summed E-state index contributed by atoms with van der Waals surface area (Å²) in [5.41, 5.74) is 0. The van der Waals surface area contributed by atoms with E-state index in [1.54, 1.807) is 51.4 Å². The molecule has 0 saturated heterocycles. The number of ether oxygens (including phenoxy) is 1. The van der Waals surface area contributed by atoms with Gasteiger partial charge in [0.05, 0.1) is 20.3 Å². The first-order chi connectivity index (χ1) is 13.6. The minimum absolute atomic E-state index is 0. The van der Waals surface area contributed by atoms with E-state index in [-0.39, 0.29) is 27.1 Å². The number of imidazole rings is 2. The van der Waals surface area contributed by atoms with E-state index >= 15 is 0 Å². The van der Waals surface area contributed by atoms with Crippen molar-refractivity contribution in [1.29, 1.82) is 0 Å². The molecule has 2 aromatic rings. The van der Waals surface area contributed by atoms with Gasteiger partial charge in [0.15, 0.2) is 0 Å². The van der Waals surface area contributed by atoms with Gasteiger partial charge in [-0.05, 0) is 30.4 Å². The molecule has 0 spiro atoms. The average Bonchev–Trinajstić information content (AvgIpc) is 3.06. The third kappa shape index (κ3) is 4.60. The Hall–Kier alpha value is -3.25. The van der Waals surface area contributed by atoms with Crippen LogP contribution in [-0.2, 0) is 39.9 Å². The molecule has 2 aliphatic heterocycles. The van der Waals surface area contributed by atoms with Crippen LogP contribution in [0.25, 0.3) is 22.3 Å². The maximum atomic E-state index is 10.2. The molecule has 0 radical (unpaired) electrons. The molecule has 29 heavy (non-hydrogen) atoms. The van der Waals surface area contributed by atoms with Crippen LogP contribution in [0.15, 0.2) is 85.2 Å². The zero-order valence-electron chi connectivity index (χ0n) is 15.8. The number of hydrogen-bond donors (Lipinski definition) is 1. The molecule has 8 nitrogen and oxygen atoms in total. The predicted octanol–water partition coefficient (Wildman–Crippen LogP) is 2.33. The third-order valence-corrected chi connectivity index (χ3v) is 4.02. The molecule has 9 heteroatoms. The van der Waals surface area contributed by atoms with Crippen molar-refractivity contribution in [3.63, 3.8) is 0 Å². The van der Waals surface area contributed by atoms with E-state index in [0.29, 0.717) is 23.4 Å². The zero-order valence-corrected chi connectivity index (χ0v) is 18.1. The molecule has 152 valence electrons. The van der Waals surface area contributed by atoms with Crippen LogP contribution in [0.2, 0.25) is 0 Å². The van der Waals surface area contributed by atoms with Crippen LogP contribution in [0.5, 0.6) is 6.01 Å². The monoisotopic (exact) mass is 570 g/mol. The van der Waals surface area contributed by atoms with E-state index < -0.39 is 0 Å². The number of rotatable bonds is 4. The molecule has 0 atom stereocenters. The van der Waals surface area contributed by atoms with Crippen LogP contribution in [0.3, 0.4) is 0 Å². The summed E-state index contributed by atoms with van der Waals surface area (Å²) in [6.45, 7) is 0. The number of aromatic nitrogens is 4. The quantitative estimate of drug-likeness (QED) is 0.453. The fourth-order valence-corrected chi connectivity index (χ4v) is 2.60. The molecule has 1 N–H and O–H groups in total. The maximum Gasteiger partial charge on any atom is 0.280 e. The number of aryl methyl sites for hydroxylation is 2. The van der Waals surface area contributed by atoms with Gasteiger partial charge in [0.25, 0.3) is 6.01 Å². The smallest absolute Gasteiger partial charge is 0.280 e. The Balaban J connectivity index is 0.00000240. The van der Waals surface area contributed by atoms with E-state index in [9.17, 15) is 5.11 Å². The summed E-state index contributed by atoms with van der Waals surface area (Å²) in [6.07, 6.45) is 24.8. The number of hydrogen-bond acceptors (Lipinski definition) is 2. The summed E-state index contributed by atoms with van der Waals surface area (Å²) >= 11 is 0. The Morgan fingerprint density at radius 3 is 2.10 bits per heavy atom. The van der Waals surface area contributed by atoms with Crippen LogP contribution in [0.1, 0.15) is 0 Å². The molecule has 0 fully saturated rings. The van der Waals surface area contributed by atoms with Crippen molar-refractivity contribution >= 4 is 11.6 Å². The zero-order chi connectivity index (χ0) is 19.5. The second kappa shape index (κ2) is 8.83. The molecular weight excluding hydrogens is 551 g/mol. The van der Waals surface area contributed by atoms with Crippen LogP contribution in [0.4, 0.5) is 0 Å². The van der Waals surface area contributed by atoms with Crippen LogP contribution >= 0.6 is 0 Å². The van der Waals surface area contributed by atoms with Crippen LogP contribution < -0.4 is 9.13 Å². The van der Waals surface area contributed by atoms with E-state index in [2.05, 4.69) is 17.0 Å². The summed E-state index contributed by atoms with van der Waals surface area (Å²) in [5.74, 6) is 1.92. The molecule has 0 amide bonds. The van der Waals surface area contributed by atoms with Gasteiger partial charge in [0.1, 0.15) is 11.8 Å². The van der Waals surface area contributed by atoms with E-state index in [4.69, 9.17) is 4.74 Å². The largest absolute Gasteiger partial charge is 0.514 e. The number of nitrogens with zero attached hydrogens (tertiary/aromatic N) is 6. The summed E-state index contributed by atoms with van der Waals surface area (Å²) in [4.78, 5) is 0. The van der Waals surface area contributed by atoms with Crippen molar-refractivity contribution in [1.82, 2.24) is 9.13 Å². The number of allylic oxidation sites excluding steroid dienone is 8. The van der Waals surface area contributed by atoms with Gasteiger partial charge < -0.3 is 34.2 Å². The molecule has 4 rings (SSSR count). The fraction of sp³-hybridized carbons (Fsp3) is 0.100. The van der Waals surface area contributed by atoms with Crippen molar-refractivity contribution in [3.05, 3.63) is 102 Å². The van der Waals surface area contributed by atoms with Gasteiger partial charge in [0, 0.05) is 27.4 Å². The van der Waals surface area contributed by atoms with Crippen LogP contribution in [-0.4, -0.2) is 14.2 Å². The molecule has 0 bridgehead atoms. The fourth-order valence-electron chi connectivity index (χ4n) is 2.60. The summed E-state index contributed by atoms with van der Waals surface area (Å²) in [7, 11) is 3.64. The average molecular weight is 570 g/mol. The van der Waals surface area contributed by atoms with E-state index in [0.717, 1.165) is 0 Å². The first-order valence-electron chi connectivity index (χ1n) is 8.62. The summed E-state index contributed by atoms with van der Waals surface area (Å²) in [5, 5.41) is 19.2. The Labute approximate surface area is 183 Å². The van der Waals surface area contributed by atoms with Gasteiger partial charge in [-0.25, -0.2) is 4.57 Å². The van der Waals surface area contributed by atoms with Gasteiger partial charge in [0.2, 0.25) is 0 Å². The summed E-state index contributed by atoms with van der Waals surface area (Å²) in [6, 6.07) is 0.0622. The van der Waals surface area contributed by atoms with E-state index in [1.807, 2.05) is 54.4 Å². The van der Waals surface area contributed by atoms with Crippen molar-refractivity contribution < 1.29 is 40.0 Å². The molecule has 0 aliphatic carbocycles. The Bertz CT molecular complexity index is 1080. The van der Waals surface area contributed by atoms with Gasteiger partial charge >= 0.3 is 0 Å². The van der Waals surface area contributed by atoms with E-state index in [1.165, 1.54) is 0 Å². The molecular formula is C20H19N6O2Pt-. The topological polar surface area (TPSA) is 75.3 Å². The van der Waals surface area contributed by atoms with Crippen molar-refractivity contribution in [2.75, 3.05) is 0 Å². The molecule has 0 saturated carbocycles. The number of aromatic hydroxyl groups is 1. The van der Waals surface area contributed by atoms with Gasteiger partial charge in [-0.2, -0.15) is 6.20 Å². The first-order valence-corrected chi connectivity index (χ1v) is 8.62. The normalized spacial score (nSPS) is 15.5. The second-order valence-corrected chi connectivity index (χ2v) is 6.11. The molecule has 2 aliphatic rings. The van der Waals surface area contributed by atoms with Gasteiger partial charge in [-0.15, -0.1) is 11.9 Å². The second-order valence-electron chi connectivity index (χ2n) is 6.11. The SMILES string of the molecule is C[n+]1[c-]n(C2=CC=CC=C(OC3=CC=CC=C(n4cc[n+](C)c4O)[N-]3)[N-]2)cc1.[Pt]. The van der Waals surface area contributed by atoms with Gasteiger partial charge in [-0.3, -0.25) is 0 Å².